The molecule has 3 nitrogen and oxygen atoms in total. The standard InChI is InChI=1S/C26H44O3/c1-25-13-11-20(28)17-19(25)16-18(8-6-4-3-5-7-15-27)24-21-9-10-23(29)26(21,2)14-12-22(24)25/h18-19,21-24,27,29H,3-17H2,1-2H3/t18-,19+,21+,22+,23+,24+,25+,26+/m1/s1. The number of Topliss-reactive ketones (excluding diaryl/α,β-unsaturated/α-hetero) is 1. The third-order valence-electron chi connectivity index (χ3n) is 10.3. The van der Waals surface area contributed by atoms with Gasteiger partial charge in [-0.3, -0.25) is 4.79 Å². The lowest BCUT2D eigenvalue weighted by atomic mass is 9.42. The summed E-state index contributed by atoms with van der Waals surface area (Å²) in [4.78, 5) is 12.3. The van der Waals surface area contributed by atoms with Crippen LogP contribution in [0.25, 0.3) is 0 Å². The maximum Gasteiger partial charge on any atom is 0.133 e. The molecule has 0 radical (unpaired) electrons. The fourth-order valence-corrected chi connectivity index (χ4v) is 8.54. The Bertz CT molecular complexity index is 589. The maximum absolute atomic E-state index is 12.3. The van der Waals surface area contributed by atoms with E-state index in [9.17, 15) is 9.90 Å². The lowest BCUT2D eigenvalue weighted by molar-refractivity contribution is -0.156. The normalized spacial score (nSPS) is 46.8. The second-order valence-corrected chi connectivity index (χ2v) is 11.6. The monoisotopic (exact) mass is 404 g/mol. The summed E-state index contributed by atoms with van der Waals surface area (Å²) in [7, 11) is 0. The molecule has 0 aromatic rings. The van der Waals surface area contributed by atoms with E-state index in [-0.39, 0.29) is 11.5 Å². The zero-order valence-corrected chi connectivity index (χ0v) is 18.9. The summed E-state index contributed by atoms with van der Waals surface area (Å²) in [6.07, 6.45) is 15.8. The van der Waals surface area contributed by atoms with Crippen LogP contribution in [0, 0.1) is 40.4 Å². The van der Waals surface area contributed by atoms with Gasteiger partial charge in [0.1, 0.15) is 5.78 Å². The molecule has 0 saturated heterocycles. The quantitative estimate of drug-likeness (QED) is 0.549. The van der Waals surface area contributed by atoms with Crippen molar-refractivity contribution in [1.29, 1.82) is 0 Å². The second-order valence-electron chi connectivity index (χ2n) is 11.6. The number of aliphatic hydroxyl groups excluding tert-OH is 2. The molecule has 29 heavy (non-hydrogen) atoms. The molecular formula is C26H44O3. The molecule has 4 aliphatic carbocycles. The Morgan fingerprint density at radius 1 is 0.931 bits per heavy atom. The SMILES string of the molecule is C[C@]12CCC(=O)C[C@@H]1C[C@@H](CCCCCCCO)[C@@H]1[C@@H]2CC[C@]2(C)[C@@H](O)CC[C@@H]12. The van der Waals surface area contributed by atoms with E-state index in [1.54, 1.807) is 0 Å². The van der Waals surface area contributed by atoms with Crippen molar-refractivity contribution in [2.75, 3.05) is 6.61 Å². The number of aliphatic hydroxyl groups is 2. The summed E-state index contributed by atoms with van der Waals surface area (Å²) < 4.78 is 0. The highest BCUT2D eigenvalue weighted by Gasteiger charge is 2.62. The minimum atomic E-state index is -0.106. The number of carbonyl (C=O) groups excluding carboxylic acids is 1. The summed E-state index contributed by atoms with van der Waals surface area (Å²) in [5.41, 5.74) is 0.485. The van der Waals surface area contributed by atoms with Crippen molar-refractivity contribution >= 4 is 5.78 Å². The minimum Gasteiger partial charge on any atom is -0.396 e. The van der Waals surface area contributed by atoms with Crippen molar-refractivity contribution < 1.29 is 15.0 Å². The average molecular weight is 405 g/mol. The van der Waals surface area contributed by atoms with Crippen LogP contribution in [0.2, 0.25) is 0 Å². The summed E-state index contributed by atoms with van der Waals surface area (Å²) in [6.45, 7) is 5.24. The van der Waals surface area contributed by atoms with E-state index in [0.29, 0.717) is 29.6 Å². The first-order valence-corrected chi connectivity index (χ1v) is 12.7. The molecule has 3 heteroatoms. The first-order chi connectivity index (χ1) is 13.9. The average Bonchev–Trinajstić information content (AvgIpc) is 3.00. The molecule has 0 aromatic carbocycles. The van der Waals surface area contributed by atoms with Crippen LogP contribution in [-0.4, -0.2) is 28.7 Å². The number of fused-ring (bicyclic) bond motifs is 5. The van der Waals surface area contributed by atoms with Crippen LogP contribution >= 0.6 is 0 Å². The van der Waals surface area contributed by atoms with Gasteiger partial charge in [-0.2, -0.15) is 0 Å². The molecule has 0 bridgehead atoms. The molecule has 0 spiro atoms. The summed E-state index contributed by atoms with van der Waals surface area (Å²) >= 11 is 0. The van der Waals surface area contributed by atoms with E-state index in [4.69, 9.17) is 5.11 Å². The second kappa shape index (κ2) is 8.61. The van der Waals surface area contributed by atoms with Crippen molar-refractivity contribution in [3.8, 4) is 0 Å². The number of hydrogen-bond acceptors (Lipinski definition) is 3. The number of ketones is 1. The van der Waals surface area contributed by atoms with Crippen molar-refractivity contribution in [2.24, 2.45) is 40.4 Å². The van der Waals surface area contributed by atoms with Gasteiger partial charge in [-0.1, -0.05) is 46.0 Å². The predicted octanol–water partition coefficient (Wildman–Crippen LogP) is 5.52. The van der Waals surface area contributed by atoms with Gasteiger partial charge in [-0.25, -0.2) is 0 Å². The number of hydrogen-bond donors (Lipinski definition) is 2. The molecule has 166 valence electrons. The van der Waals surface area contributed by atoms with Gasteiger partial charge in [-0.05, 0) is 85.4 Å². The zero-order valence-electron chi connectivity index (χ0n) is 18.9. The summed E-state index contributed by atoms with van der Waals surface area (Å²) in [5.74, 6) is 4.06. The first kappa shape index (κ1) is 21.8. The van der Waals surface area contributed by atoms with Gasteiger partial charge in [0, 0.05) is 19.4 Å². The first-order valence-electron chi connectivity index (χ1n) is 12.7. The summed E-state index contributed by atoms with van der Waals surface area (Å²) in [5, 5.41) is 19.8. The van der Waals surface area contributed by atoms with Gasteiger partial charge >= 0.3 is 0 Å². The van der Waals surface area contributed by atoms with E-state index in [1.807, 2.05) is 0 Å². The van der Waals surface area contributed by atoms with E-state index >= 15 is 0 Å². The van der Waals surface area contributed by atoms with E-state index in [1.165, 1.54) is 51.4 Å². The highest BCUT2D eigenvalue weighted by atomic mass is 16.3. The van der Waals surface area contributed by atoms with Gasteiger partial charge in [0.2, 0.25) is 0 Å². The largest absolute Gasteiger partial charge is 0.396 e. The topological polar surface area (TPSA) is 57.5 Å². The Morgan fingerprint density at radius 3 is 2.45 bits per heavy atom. The molecule has 4 aliphatic rings. The summed E-state index contributed by atoms with van der Waals surface area (Å²) in [6, 6.07) is 0. The molecule has 4 rings (SSSR count). The Kier molecular flexibility index (Phi) is 6.48. The van der Waals surface area contributed by atoms with E-state index in [0.717, 1.165) is 56.3 Å². The lowest BCUT2D eigenvalue weighted by Crippen LogP contribution is -2.57. The third-order valence-corrected chi connectivity index (χ3v) is 10.3. The zero-order chi connectivity index (χ0) is 20.6. The van der Waals surface area contributed by atoms with Crippen molar-refractivity contribution in [3.05, 3.63) is 0 Å². The van der Waals surface area contributed by atoms with Gasteiger partial charge < -0.3 is 10.2 Å². The van der Waals surface area contributed by atoms with Gasteiger partial charge in [0.25, 0.3) is 0 Å². The van der Waals surface area contributed by atoms with Gasteiger partial charge in [0.15, 0.2) is 0 Å². The van der Waals surface area contributed by atoms with E-state index in [2.05, 4.69) is 13.8 Å². The molecule has 2 N–H and O–H groups in total. The predicted molar refractivity (Wildman–Crippen MR) is 116 cm³/mol. The Morgan fingerprint density at radius 2 is 1.66 bits per heavy atom. The molecule has 4 fully saturated rings. The van der Waals surface area contributed by atoms with Crippen LogP contribution in [-0.2, 0) is 4.79 Å². The molecule has 0 aromatic heterocycles. The molecule has 0 aliphatic heterocycles. The molecular weight excluding hydrogens is 360 g/mol. The number of carbonyl (C=O) groups is 1. The van der Waals surface area contributed by atoms with Crippen LogP contribution < -0.4 is 0 Å². The van der Waals surface area contributed by atoms with Gasteiger partial charge in [-0.15, -0.1) is 0 Å². The highest BCUT2D eigenvalue weighted by molar-refractivity contribution is 5.79. The molecule has 0 amide bonds. The third kappa shape index (κ3) is 3.84. The fraction of sp³-hybridized carbons (Fsp3) is 0.962. The van der Waals surface area contributed by atoms with E-state index < -0.39 is 0 Å². The molecule has 0 unspecified atom stereocenters. The van der Waals surface area contributed by atoms with Crippen LogP contribution in [0.1, 0.15) is 104 Å². The number of rotatable bonds is 7. The van der Waals surface area contributed by atoms with Gasteiger partial charge in [0.05, 0.1) is 6.10 Å². The van der Waals surface area contributed by atoms with Crippen LogP contribution in [0.3, 0.4) is 0 Å². The molecule has 4 saturated carbocycles. The Labute approximate surface area is 178 Å². The smallest absolute Gasteiger partial charge is 0.133 e. The lowest BCUT2D eigenvalue weighted by Gasteiger charge is -2.62. The maximum atomic E-state index is 12.3. The molecule has 8 atom stereocenters. The Balaban J connectivity index is 1.52. The minimum absolute atomic E-state index is 0.106. The van der Waals surface area contributed by atoms with Crippen LogP contribution in [0.4, 0.5) is 0 Å². The Hall–Kier alpha value is -0.410. The van der Waals surface area contributed by atoms with Crippen molar-refractivity contribution in [2.45, 2.75) is 110 Å². The van der Waals surface area contributed by atoms with Crippen LogP contribution in [0.5, 0.6) is 0 Å². The van der Waals surface area contributed by atoms with Crippen LogP contribution in [0.15, 0.2) is 0 Å². The fourth-order valence-electron chi connectivity index (χ4n) is 8.54. The number of unbranched alkanes of at least 4 members (excludes halogenated alkanes) is 4. The highest BCUT2D eigenvalue weighted by Crippen LogP contribution is 2.67. The molecule has 0 heterocycles. The van der Waals surface area contributed by atoms with Crippen molar-refractivity contribution in [1.82, 2.24) is 0 Å². The van der Waals surface area contributed by atoms with Crippen molar-refractivity contribution in [3.63, 3.8) is 0 Å².